The van der Waals surface area contributed by atoms with E-state index in [-0.39, 0.29) is 0 Å². The molecule has 0 amide bonds. The molecule has 2 nitrogen and oxygen atoms in total. The smallest absolute Gasteiger partial charge is 0.160 e. The number of anilines is 1. The van der Waals surface area contributed by atoms with Crippen molar-refractivity contribution in [2.75, 3.05) is 11.9 Å². The number of ether oxygens (including phenoxy) is 1. The Labute approximate surface area is 95.6 Å². The van der Waals surface area contributed by atoms with E-state index in [0.717, 1.165) is 11.4 Å². The van der Waals surface area contributed by atoms with Crippen molar-refractivity contribution in [3.05, 3.63) is 23.2 Å². The predicted molar refractivity (Wildman–Crippen MR) is 63.9 cm³/mol. The van der Waals surface area contributed by atoms with Gasteiger partial charge in [0, 0.05) is 6.04 Å². The summed E-state index contributed by atoms with van der Waals surface area (Å²) in [6.45, 7) is 2.61. The van der Waals surface area contributed by atoms with Crippen molar-refractivity contribution >= 4 is 17.3 Å². The maximum absolute atomic E-state index is 6.09. The maximum Gasteiger partial charge on any atom is 0.160 e. The molecule has 1 saturated carbocycles. The molecule has 0 radical (unpaired) electrons. The van der Waals surface area contributed by atoms with Gasteiger partial charge in [-0.25, -0.2) is 0 Å². The van der Waals surface area contributed by atoms with Gasteiger partial charge in [0.2, 0.25) is 0 Å². The van der Waals surface area contributed by atoms with Crippen molar-refractivity contribution in [3.63, 3.8) is 0 Å². The molecule has 3 heteroatoms. The van der Waals surface area contributed by atoms with Gasteiger partial charge in [0.15, 0.2) is 5.75 Å². The lowest BCUT2D eigenvalue weighted by atomic mass is 9.93. The molecule has 1 fully saturated rings. The molecule has 0 atom stereocenters. The van der Waals surface area contributed by atoms with Crippen LogP contribution < -0.4 is 10.1 Å². The second-order valence-electron chi connectivity index (χ2n) is 3.82. The van der Waals surface area contributed by atoms with Gasteiger partial charge in [0.25, 0.3) is 0 Å². The summed E-state index contributed by atoms with van der Waals surface area (Å²) in [5.74, 6) is 0.786. The molecule has 0 unspecified atom stereocenters. The molecule has 15 heavy (non-hydrogen) atoms. The molecule has 0 bridgehead atoms. The van der Waals surface area contributed by atoms with Crippen LogP contribution >= 0.6 is 11.6 Å². The fraction of sp³-hybridized carbons (Fsp3) is 0.500. The van der Waals surface area contributed by atoms with Gasteiger partial charge in [-0.15, -0.1) is 0 Å². The normalized spacial score (nSPS) is 15.9. The molecule has 0 aromatic heterocycles. The number of hydrogen-bond acceptors (Lipinski definition) is 2. The Morgan fingerprint density at radius 1 is 1.47 bits per heavy atom. The van der Waals surface area contributed by atoms with E-state index in [0.29, 0.717) is 17.7 Å². The van der Waals surface area contributed by atoms with Crippen LogP contribution in [-0.2, 0) is 0 Å². The summed E-state index contributed by atoms with van der Waals surface area (Å²) in [6, 6.07) is 6.43. The van der Waals surface area contributed by atoms with Crippen LogP contribution in [0.3, 0.4) is 0 Å². The van der Waals surface area contributed by atoms with Crippen LogP contribution in [0.1, 0.15) is 26.2 Å². The summed E-state index contributed by atoms with van der Waals surface area (Å²) in [5.41, 5.74) is 1.02. The third-order valence-electron chi connectivity index (χ3n) is 2.72. The molecule has 1 aliphatic rings. The van der Waals surface area contributed by atoms with Crippen LogP contribution in [0.25, 0.3) is 0 Å². The summed E-state index contributed by atoms with van der Waals surface area (Å²) in [6.07, 6.45) is 3.82. The van der Waals surface area contributed by atoms with Gasteiger partial charge in [-0.1, -0.05) is 17.7 Å². The highest BCUT2D eigenvalue weighted by Crippen LogP contribution is 2.35. The third kappa shape index (κ3) is 2.37. The number of benzene rings is 1. The average Bonchev–Trinajstić information content (AvgIpc) is 2.16. The lowest BCUT2D eigenvalue weighted by molar-refractivity contribution is 0.340. The Kier molecular flexibility index (Phi) is 3.37. The van der Waals surface area contributed by atoms with Crippen molar-refractivity contribution in [3.8, 4) is 5.75 Å². The SMILES string of the molecule is CCOc1c(Cl)cccc1NC1CCC1. The van der Waals surface area contributed by atoms with Crippen LogP contribution in [0.4, 0.5) is 5.69 Å². The van der Waals surface area contributed by atoms with Crippen LogP contribution in [0.5, 0.6) is 5.75 Å². The number of para-hydroxylation sites is 1. The topological polar surface area (TPSA) is 21.3 Å². The van der Waals surface area contributed by atoms with E-state index in [1.165, 1.54) is 19.3 Å². The molecule has 1 aliphatic carbocycles. The summed E-state index contributed by atoms with van der Waals surface area (Å²) in [4.78, 5) is 0. The first-order valence-corrected chi connectivity index (χ1v) is 5.87. The molecule has 2 rings (SSSR count). The van der Waals surface area contributed by atoms with Gasteiger partial charge in [-0.3, -0.25) is 0 Å². The van der Waals surface area contributed by atoms with Crippen molar-refractivity contribution in [2.45, 2.75) is 32.2 Å². The lowest BCUT2D eigenvalue weighted by Crippen LogP contribution is -2.27. The quantitative estimate of drug-likeness (QED) is 0.844. The predicted octanol–water partition coefficient (Wildman–Crippen LogP) is 3.70. The first-order chi connectivity index (χ1) is 7.31. The Hall–Kier alpha value is -0.890. The van der Waals surface area contributed by atoms with Crippen molar-refractivity contribution in [1.29, 1.82) is 0 Å². The summed E-state index contributed by atoms with van der Waals surface area (Å²) in [7, 11) is 0. The van der Waals surface area contributed by atoms with Gasteiger partial charge in [-0.05, 0) is 38.3 Å². The molecule has 0 spiro atoms. The summed E-state index contributed by atoms with van der Waals surface area (Å²) >= 11 is 6.09. The number of rotatable bonds is 4. The molecule has 82 valence electrons. The van der Waals surface area contributed by atoms with Gasteiger partial charge in [-0.2, -0.15) is 0 Å². The van der Waals surface area contributed by atoms with Crippen LogP contribution in [0.15, 0.2) is 18.2 Å². The first-order valence-electron chi connectivity index (χ1n) is 5.49. The van der Waals surface area contributed by atoms with E-state index in [1.54, 1.807) is 0 Å². The van der Waals surface area contributed by atoms with Gasteiger partial charge in [0.1, 0.15) is 0 Å². The Morgan fingerprint density at radius 2 is 2.27 bits per heavy atom. The highest BCUT2D eigenvalue weighted by molar-refractivity contribution is 6.32. The van der Waals surface area contributed by atoms with Crippen molar-refractivity contribution in [1.82, 2.24) is 0 Å². The third-order valence-corrected chi connectivity index (χ3v) is 3.02. The molecule has 0 heterocycles. The van der Waals surface area contributed by atoms with E-state index in [1.807, 2.05) is 25.1 Å². The minimum Gasteiger partial charge on any atom is -0.490 e. The number of halogens is 1. The Bertz CT molecular complexity index is 336. The summed E-state index contributed by atoms with van der Waals surface area (Å²) < 4.78 is 5.54. The standard InChI is InChI=1S/C12H16ClNO/c1-2-15-12-10(13)7-4-8-11(12)14-9-5-3-6-9/h4,7-9,14H,2-3,5-6H2,1H3. The number of hydrogen-bond donors (Lipinski definition) is 1. The highest BCUT2D eigenvalue weighted by atomic mass is 35.5. The lowest BCUT2D eigenvalue weighted by Gasteiger charge is -2.28. The van der Waals surface area contributed by atoms with Gasteiger partial charge >= 0.3 is 0 Å². The zero-order chi connectivity index (χ0) is 10.7. The first kappa shape index (κ1) is 10.6. The molecule has 1 aromatic rings. The minimum atomic E-state index is 0.600. The zero-order valence-corrected chi connectivity index (χ0v) is 9.68. The maximum atomic E-state index is 6.09. The highest BCUT2D eigenvalue weighted by Gasteiger charge is 2.19. The van der Waals surface area contributed by atoms with Crippen molar-refractivity contribution < 1.29 is 4.74 Å². The van der Waals surface area contributed by atoms with E-state index in [2.05, 4.69) is 5.32 Å². The van der Waals surface area contributed by atoms with E-state index < -0.39 is 0 Å². The second kappa shape index (κ2) is 4.75. The molecule has 0 aliphatic heterocycles. The van der Waals surface area contributed by atoms with Crippen LogP contribution in [-0.4, -0.2) is 12.6 Å². The van der Waals surface area contributed by atoms with E-state index >= 15 is 0 Å². The van der Waals surface area contributed by atoms with Crippen molar-refractivity contribution in [2.24, 2.45) is 0 Å². The van der Waals surface area contributed by atoms with Crippen LogP contribution in [0, 0.1) is 0 Å². The average molecular weight is 226 g/mol. The minimum absolute atomic E-state index is 0.600. The number of nitrogens with one attached hydrogen (secondary N) is 1. The second-order valence-corrected chi connectivity index (χ2v) is 4.23. The fourth-order valence-corrected chi connectivity index (χ4v) is 1.92. The molecule has 1 N–H and O–H groups in total. The molecular weight excluding hydrogens is 210 g/mol. The monoisotopic (exact) mass is 225 g/mol. The molecular formula is C12H16ClNO. The van der Waals surface area contributed by atoms with Gasteiger partial charge in [0.05, 0.1) is 17.3 Å². The Morgan fingerprint density at radius 3 is 2.87 bits per heavy atom. The van der Waals surface area contributed by atoms with Crippen LogP contribution in [0.2, 0.25) is 5.02 Å². The van der Waals surface area contributed by atoms with E-state index in [4.69, 9.17) is 16.3 Å². The Balaban J connectivity index is 2.15. The van der Waals surface area contributed by atoms with Gasteiger partial charge < -0.3 is 10.1 Å². The summed E-state index contributed by atoms with van der Waals surface area (Å²) in [5, 5.41) is 4.14. The molecule has 0 saturated heterocycles. The van der Waals surface area contributed by atoms with E-state index in [9.17, 15) is 0 Å². The fourth-order valence-electron chi connectivity index (χ4n) is 1.69. The zero-order valence-electron chi connectivity index (χ0n) is 8.92. The largest absolute Gasteiger partial charge is 0.490 e. The molecule has 1 aromatic carbocycles.